The molecule has 0 aliphatic rings. The Morgan fingerprint density at radius 2 is 1.61 bits per heavy atom. The first kappa shape index (κ1) is 15.4. The fourth-order valence-electron chi connectivity index (χ4n) is 2.43. The van der Waals surface area contributed by atoms with Crippen molar-refractivity contribution in [1.29, 1.82) is 0 Å². The van der Waals surface area contributed by atoms with Crippen LogP contribution in [0.2, 0.25) is 0 Å². The van der Waals surface area contributed by atoms with Gasteiger partial charge >= 0.3 is 0 Å². The zero-order chi connectivity index (χ0) is 16.4. The molecule has 3 rings (SSSR count). The van der Waals surface area contributed by atoms with E-state index in [4.69, 9.17) is 5.73 Å². The van der Waals surface area contributed by atoms with Crippen molar-refractivity contribution in [2.24, 2.45) is 5.73 Å². The van der Waals surface area contributed by atoms with E-state index in [9.17, 15) is 0 Å². The van der Waals surface area contributed by atoms with E-state index in [1.54, 1.807) is 4.68 Å². The number of tetrazole rings is 1. The minimum Gasteiger partial charge on any atom is -0.326 e. The van der Waals surface area contributed by atoms with E-state index in [-0.39, 0.29) is 5.41 Å². The highest BCUT2D eigenvalue weighted by Crippen LogP contribution is 2.25. The van der Waals surface area contributed by atoms with Crippen molar-refractivity contribution in [1.82, 2.24) is 20.2 Å². The number of hydrogen-bond donors (Lipinski definition) is 1. The molecule has 0 bridgehead atoms. The van der Waals surface area contributed by atoms with Crippen LogP contribution in [0.4, 0.5) is 0 Å². The van der Waals surface area contributed by atoms with Gasteiger partial charge in [0.25, 0.3) is 0 Å². The van der Waals surface area contributed by atoms with Crippen LogP contribution in [0.25, 0.3) is 17.1 Å². The summed E-state index contributed by atoms with van der Waals surface area (Å²) in [5, 5.41) is 12.1. The summed E-state index contributed by atoms with van der Waals surface area (Å²) in [6.07, 6.45) is 0. The van der Waals surface area contributed by atoms with Crippen molar-refractivity contribution < 1.29 is 0 Å². The number of aromatic nitrogens is 4. The number of nitrogens with zero attached hydrogens (tertiary/aromatic N) is 4. The van der Waals surface area contributed by atoms with Crippen LogP contribution in [-0.2, 0) is 12.0 Å². The summed E-state index contributed by atoms with van der Waals surface area (Å²) in [6.45, 7) is 7.12. The molecular formula is C18H21N5. The fourth-order valence-corrected chi connectivity index (χ4v) is 2.43. The maximum atomic E-state index is 5.64. The molecule has 23 heavy (non-hydrogen) atoms. The predicted molar refractivity (Wildman–Crippen MR) is 91.2 cm³/mol. The number of hydrogen-bond acceptors (Lipinski definition) is 4. The quantitative estimate of drug-likeness (QED) is 0.807. The van der Waals surface area contributed by atoms with Crippen LogP contribution in [0.5, 0.6) is 0 Å². The molecule has 1 aromatic heterocycles. The predicted octanol–water partition coefficient (Wildman–Crippen LogP) is 3.09. The largest absolute Gasteiger partial charge is 0.326 e. The van der Waals surface area contributed by atoms with Crippen LogP contribution < -0.4 is 5.73 Å². The number of rotatable bonds is 3. The van der Waals surface area contributed by atoms with Gasteiger partial charge in [0.2, 0.25) is 0 Å². The molecule has 0 unspecified atom stereocenters. The maximum absolute atomic E-state index is 5.64. The van der Waals surface area contributed by atoms with E-state index in [0.29, 0.717) is 6.54 Å². The Bertz CT molecular complexity index is 780. The molecule has 0 aliphatic heterocycles. The second kappa shape index (κ2) is 5.93. The van der Waals surface area contributed by atoms with Crippen molar-refractivity contribution in [3.63, 3.8) is 0 Å². The molecule has 0 amide bonds. The average Bonchev–Trinajstić information content (AvgIpc) is 3.04. The fraction of sp³-hybridized carbons (Fsp3) is 0.278. The van der Waals surface area contributed by atoms with Crippen LogP contribution in [0, 0.1) is 0 Å². The van der Waals surface area contributed by atoms with Crippen LogP contribution in [0.1, 0.15) is 31.9 Å². The van der Waals surface area contributed by atoms with Gasteiger partial charge in [-0.15, -0.1) is 5.10 Å². The van der Waals surface area contributed by atoms with Crippen molar-refractivity contribution in [3.8, 4) is 17.1 Å². The SMILES string of the molecule is CC(C)(C)c1ccc(-n2nnnc2-c2ccc(CN)cc2)cc1. The van der Waals surface area contributed by atoms with Gasteiger partial charge in [0.1, 0.15) is 0 Å². The Balaban J connectivity index is 1.97. The monoisotopic (exact) mass is 307 g/mol. The molecule has 3 aromatic rings. The highest BCUT2D eigenvalue weighted by Gasteiger charge is 2.15. The van der Waals surface area contributed by atoms with Crippen molar-refractivity contribution in [2.45, 2.75) is 32.7 Å². The molecule has 0 radical (unpaired) electrons. The Morgan fingerprint density at radius 3 is 2.17 bits per heavy atom. The van der Waals surface area contributed by atoms with Gasteiger partial charge in [-0.3, -0.25) is 0 Å². The highest BCUT2D eigenvalue weighted by atomic mass is 15.5. The molecular weight excluding hydrogens is 286 g/mol. The molecule has 118 valence electrons. The van der Waals surface area contributed by atoms with Crippen molar-refractivity contribution >= 4 is 0 Å². The minimum absolute atomic E-state index is 0.125. The summed E-state index contributed by atoms with van der Waals surface area (Å²) < 4.78 is 1.75. The molecule has 2 aromatic carbocycles. The summed E-state index contributed by atoms with van der Waals surface area (Å²) in [5.74, 6) is 0.720. The third-order valence-electron chi connectivity index (χ3n) is 3.90. The number of benzene rings is 2. The Hall–Kier alpha value is -2.53. The van der Waals surface area contributed by atoms with E-state index in [1.165, 1.54) is 5.56 Å². The first-order valence-electron chi connectivity index (χ1n) is 7.68. The molecule has 2 N–H and O–H groups in total. The lowest BCUT2D eigenvalue weighted by Gasteiger charge is -2.19. The minimum atomic E-state index is 0.125. The maximum Gasteiger partial charge on any atom is 0.187 e. The van der Waals surface area contributed by atoms with E-state index >= 15 is 0 Å². The van der Waals surface area contributed by atoms with E-state index in [1.807, 2.05) is 24.3 Å². The van der Waals surface area contributed by atoms with Gasteiger partial charge in [0.15, 0.2) is 5.82 Å². The summed E-state index contributed by atoms with van der Waals surface area (Å²) in [4.78, 5) is 0. The molecule has 5 heteroatoms. The van der Waals surface area contributed by atoms with Crippen molar-refractivity contribution in [3.05, 3.63) is 59.7 Å². The zero-order valence-electron chi connectivity index (χ0n) is 13.7. The van der Waals surface area contributed by atoms with Crippen LogP contribution >= 0.6 is 0 Å². The standard InChI is InChI=1S/C18H21N5/c1-18(2,3)15-8-10-16(11-9-15)23-17(20-21-22-23)14-6-4-13(12-19)5-7-14/h4-11H,12,19H2,1-3H3. The Kier molecular flexibility index (Phi) is 3.96. The molecule has 0 fully saturated rings. The van der Waals surface area contributed by atoms with Crippen molar-refractivity contribution in [2.75, 3.05) is 0 Å². The molecule has 0 saturated heterocycles. The molecule has 5 nitrogen and oxygen atoms in total. The third-order valence-corrected chi connectivity index (χ3v) is 3.90. The zero-order valence-corrected chi connectivity index (χ0v) is 13.7. The van der Waals surface area contributed by atoms with Gasteiger partial charge in [0.05, 0.1) is 5.69 Å². The summed E-state index contributed by atoms with van der Waals surface area (Å²) in [7, 11) is 0. The van der Waals surface area contributed by atoms with Gasteiger partial charge in [0, 0.05) is 12.1 Å². The van der Waals surface area contributed by atoms with E-state index < -0.39 is 0 Å². The lowest BCUT2D eigenvalue weighted by molar-refractivity contribution is 0.590. The number of nitrogens with two attached hydrogens (primary N) is 1. The van der Waals surface area contributed by atoms with Gasteiger partial charge < -0.3 is 5.73 Å². The molecule has 1 heterocycles. The molecule has 0 atom stereocenters. The van der Waals surface area contributed by atoms with E-state index in [0.717, 1.165) is 22.6 Å². The molecule has 0 aliphatic carbocycles. The highest BCUT2D eigenvalue weighted by molar-refractivity contribution is 5.57. The van der Waals surface area contributed by atoms with Gasteiger partial charge in [-0.1, -0.05) is 57.2 Å². The van der Waals surface area contributed by atoms with Gasteiger partial charge in [-0.2, -0.15) is 4.68 Å². The Morgan fingerprint density at radius 1 is 0.957 bits per heavy atom. The lowest BCUT2D eigenvalue weighted by atomic mass is 9.87. The van der Waals surface area contributed by atoms with Gasteiger partial charge in [-0.05, 0) is 39.1 Å². The molecule has 0 spiro atoms. The Labute approximate surface area is 136 Å². The smallest absolute Gasteiger partial charge is 0.187 e. The van der Waals surface area contributed by atoms with Crippen LogP contribution in [0.15, 0.2) is 48.5 Å². The summed E-state index contributed by atoms with van der Waals surface area (Å²) >= 11 is 0. The summed E-state index contributed by atoms with van der Waals surface area (Å²) in [5.41, 5.74) is 10.0. The van der Waals surface area contributed by atoms with Crippen LogP contribution in [-0.4, -0.2) is 20.2 Å². The second-order valence-corrected chi connectivity index (χ2v) is 6.61. The third kappa shape index (κ3) is 3.14. The van der Waals surface area contributed by atoms with E-state index in [2.05, 4.69) is 60.6 Å². The first-order valence-corrected chi connectivity index (χ1v) is 7.68. The normalized spacial score (nSPS) is 11.7. The average molecular weight is 307 g/mol. The van der Waals surface area contributed by atoms with Gasteiger partial charge in [-0.25, -0.2) is 0 Å². The second-order valence-electron chi connectivity index (χ2n) is 6.61. The first-order chi connectivity index (χ1) is 11.0. The molecule has 0 saturated carbocycles. The summed E-state index contributed by atoms with van der Waals surface area (Å²) in [6, 6.07) is 16.3. The lowest BCUT2D eigenvalue weighted by Crippen LogP contribution is -2.11. The topological polar surface area (TPSA) is 69.6 Å². The van der Waals surface area contributed by atoms with Crippen LogP contribution in [0.3, 0.4) is 0 Å².